The van der Waals surface area contributed by atoms with E-state index in [0.717, 1.165) is 29.9 Å². The molecule has 2 nitrogen and oxygen atoms in total. The second-order valence-corrected chi connectivity index (χ2v) is 3.44. The van der Waals surface area contributed by atoms with Crippen LogP contribution in [0.2, 0.25) is 0 Å². The summed E-state index contributed by atoms with van der Waals surface area (Å²) in [4.78, 5) is 2.21. The monoisotopic (exact) mass is 200 g/mol. The average Bonchev–Trinajstić information content (AvgIpc) is 2.25. The third kappa shape index (κ3) is 2.60. The van der Waals surface area contributed by atoms with E-state index >= 15 is 0 Å². The number of hydrogen-bond donors (Lipinski definition) is 0. The molecular weight excluding hydrogens is 184 g/mol. The highest BCUT2D eigenvalue weighted by Gasteiger charge is 2.04. The largest absolute Gasteiger partial charge is 0.368 e. The molecule has 1 rings (SSSR count). The van der Waals surface area contributed by atoms with Crippen LogP contribution in [0.3, 0.4) is 0 Å². The van der Waals surface area contributed by atoms with E-state index in [1.54, 1.807) is 0 Å². The third-order valence-electron chi connectivity index (χ3n) is 2.43. The summed E-state index contributed by atoms with van der Waals surface area (Å²) in [7, 11) is 0. The molecule has 0 saturated carbocycles. The fourth-order valence-electron chi connectivity index (χ4n) is 1.54. The average molecular weight is 200 g/mol. The van der Waals surface area contributed by atoms with Gasteiger partial charge in [0.1, 0.15) is 0 Å². The van der Waals surface area contributed by atoms with Crippen LogP contribution >= 0.6 is 0 Å². The van der Waals surface area contributed by atoms with Gasteiger partial charge in [-0.15, -0.1) is 6.58 Å². The van der Waals surface area contributed by atoms with E-state index in [0.29, 0.717) is 0 Å². The van der Waals surface area contributed by atoms with Gasteiger partial charge in [0.2, 0.25) is 0 Å². The minimum atomic E-state index is 0.744. The van der Waals surface area contributed by atoms with Crippen LogP contribution in [0.1, 0.15) is 18.1 Å². The van der Waals surface area contributed by atoms with Crippen molar-refractivity contribution in [3.05, 3.63) is 42.0 Å². The lowest BCUT2D eigenvalue weighted by molar-refractivity contribution is 0.906. The van der Waals surface area contributed by atoms with Crippen molar-refractivity contribution in [2.24, 2.45) is 0 Å². The first kappa shape index (κ1) is 11.3. The maximum Gasteiger partial charge on any atom is 0.0994 e. The minimum Gasteiger partial charge on any atom is -0.368 e. The zero-order chi connectivity index (χ0) is 11.3. The van der Waals surface area contributed by atoms with Crippen molar-refractivity contribution in [3.63, 3.8) is 0 Å². The fourth-order valence-corrected chi connectivity index (χ4v) is 1.54. The predicted molar refractivity (Wildman–Crippen MR) is 64.0 cm³/mol. The highest BCUT2D eigenvalue weighted by molar-refractivity contribution is 5.53. The molecule has 0 fully saturated rings. The number of benzene rings is 1. The normalized spacial score (nSPS) is 9.40. The number of nitrogens with zero attached hydrogens (tertiary/aromatic N) is 2. The Labute approximate surface area is 91.4 Å². The lowest BCUT2D eigenvalue weighted by atomic mass is 10.1. The predicted octanol–water partition coefficient (Wildman–Crippen LogP) is 2.88. The molecule has 0 unspecified atom stereocenters. The minimum absolute atomic E-state index is 0.744. The van der Waals surface area contributed by atoms with Gasteiger partial charge in [-0.3, -0.25) is 0 Å². The third-order valence-corrected chi connectivity index (χ3v) is 2.43. The van der Waals surface area contributed by atoms with Gasteiger partial charge >= 0.3 is 0 Å². The van der Waals surface area contributed by atoms with Gasteiger partial charge in [0.05, 0.1) is 11.6 Å². The van der Waals surface area contributed by atoms with Gasteiger partial charge in [-0.1, -0.05) is 6.08 Å². The molecule has 0 heterocycles. The molecule has 0 aliphatic carbocycles. The Morgan fingerprint density at radius 1 is 1.53 bits per heavy atom. The summed E-state index contributed by atoms with van der Waals surface area (Å²) in [6.45, 7) is 9.58. The van der Waals surface area contributed by atoms with Crippen LogP contribution in [0.5, 0.6) is 0 Å². The Hall–Kier alpha value is -1.75. The number of nitriles is 1. The van der Waals surface area contributed by atoms with Gasteiger partial charge in [0, 0.05) is 18.8 Å². The van der Waals surface area contributed by atoms with Gasteiger partial charge in [0.25, 0.3) is 0 Å². The summed E-state index contributed by atoms with van der Waals surface area (Å²) >= 11 is 0. The van der Waals surface area contributed by atoms with Crippen LogP contribution < -0.4 is 4.90 Å². The van der Waals surface area contributed by atoms with Gasteiger partial charge in [0.15, 0.2) is 0 Å². The van der Waals surface area contributed by atoms with Crippen molar-refractivity contribution in [2.45, 2.75) is 13.8 Å². The van der Waals surface area contributed by atoms with E-state index in [2.05, 4.69) is 24.5 Å². The molecule has 0 spiro atoms. The molecule has 2 heteroatoms. The summed E-state index contributed by atoms with van der Waals surface area (Å²) < 4.78 is 0. The van der Waals surface area contributed by atoms with Crippen molar-refractivity contribution in [1.82, 2.24) is 0 Å². The molecule has 0 saturated heterocycles. The highest BCUT2D eigenvalue weighted by atomic mass is 15.1. The molecule has 0 radical (unpaired) electrons. The number of aryl methyl sites for hydroxylation is 1. The molecule has 1 aromatic rings. The molecule has 0 aromatic heterocycles. The van der Waals surface area contributed by atoms with Crippen LogP contribution in [0.15, 0.2) is 30.9 Å². The highest BCUT2D eigenvalue weighted by Crippen LogP contribution is 2.18. The number of rotatable bonds is 4. The van der Waals surface area contributed by atoms with Gasteiger partial charge in [-0.05, 0) is 37.6 Å². The topological polar surface area (TPSA) is 27.0 Å². The Morgan fingerprint density at radius 3 is 2.73 bits per heavy atom. The molecule has 78 valence electrons. The SMILES string of the molecule is C=CCN(CC)c1ccc(C#N)c(C)c1. The Kier molecular flexibility index (Phi) is 3.93. The van der Waals surface area contributed by atoms with E-state index in [1.165, 1.54) is 0 Å². The summed E-state index contributed by atoms with van der Waals surface area (Å²) in [5.41, 5.74) is 2.92. The number of hydrogen-bond acceptors (Lipinski definition) is 2. The summed E-state index contributed by atoms with van der Waals surface area (Å²) in [6.07, 6.45) is 1.89. The molecule has 1 aromatic carbocycles. The van der Waals surface area contributed by atoms with Crippen LogP contribution in [-0.2, 0) is 0 Å². The molecule has 0 aliphatic rings. The van der Waals surface area contributed by atoms with Gasteiger partial charge in [-0.25, -0.2) is 0 Å². The van der Waals surface area contributed by atoms with Crippen molar-refractivity contribution in [2.75, 3.05) is 18.0 Å². The van der Waals surface area contributed by atoms with Crippen LogP contribution in [0, 0.1) is 18.3 Å². The molecule has 0 N–H and O–H groups in total. The zero-order valence-corrected chi connectivity index (χ0v) is 9.33. The van der Waals surface area contributed by atoms with Crippen molar-refractivity contribution in [1.29, 1.82) is 5.26 Å². The second kappa shape index (κ2) is 5.21. The van der Waals surface area contributed by atoms with Gasteiger partial charge < -0.3 is 4.90 Å². The van der Waals surface area contributed by atoms with Crippen molar-refractivity contribution in [3.8, 4) is 6.07 Å². The maximum atomic E-state index is 8.83. The zero-order valence-electron chi connectivity index (χ0n) is 9.33. The Bertz CT molecular complexity index is 388. The van der Waals surface area contributed by atoms with Crippen LogP contribution in [-0.4, -0.2) is 13.1 Å². The summed E-state index contributed by atoms with van der Waals surface area (Å²) in [5.74, 6) is 0. The lowest BCUT2D eigenvalue weighted by Crippen LogP contribution is -2.22. The summed E-state index contributed by atoms with van der Waals surface area (Å²) in [6, 6.07) is 8.08. The van der Waals surface area contributed by atoms with E-state index in [9.17, 15) is 0 Å². The molecular formula is C13H16N2. The maximum absolute atomic E-state index is 8.83. The van der Waals surface area contributed by atoms with E-state index in [-0.39, 0.29) is 0 Å². The van der Waals surface area contributed by atoms with Crippen LogP contribution in [0.4, 0.5) is 5.69 Å². The first-order valence-corrected chi connectivity index (χ1v) is 5.09. The number of anilines is 1. The second-order valence-electron chi connectivity index (χ2n) is 3.44. The smallest absolute Gasteiger partial charge is 0.0994 e. The van der Waals surface area contributed by atoms with Crippen molar-refractivity contribution >= 4 is 5.69 Å². The first-order chi connectivity index (χ1) is 7.22. The van der Waals surface area contributed by atoms with Crippen LogP contribution in [0.25, 0.3) is 0 Å². The molecule has 0 atom stereocenters. The lowest BCUT2D eigenvalue weighted by Gasteiger charge is -2.21. The van der Waals surface area contributed by atoms with Gasteiger partial charge in [-0.2, -0.15) is 5.26 Å². The first-order valence-electron chi connectivity index (χ1n) is 5.09. The Morgan fingerprint density at radius 2 is 2.27 bits per heavy atom. The number of likely N-dealkylation sites (N-methyl/N-ethyl adjacent to an activating group) is 1. The quantitative estimate of drug-likeness (QED) is 0.699. The summed E-state index contributed by atoms with van der Waals surface area (Å²) in [5, 5.41) is 8.83. The Balaban J connectivity index is 3.00. The van der Waals surface area contributed by atoms with E-state index < -0.39 is 0 Å². The molecule has 0 bridgehead atoms. The van der Waals surface area contributed by atoms with E-state index in [4.69, 9.17) is 5.26 Å². The van der Waals surface area contributed by atoms with E-state index in [1.807, 2.05) is 31.2 Å². The molecule has 0 aliphatic heterocycles. The molecule has 15 heavy (non-hydrogen) atoms. The fraction of sp³-hybridized carbons (Fsp3) is 0.308. The molecule has 0 amide bonds. The standard InChI is InChI=1S/C13H16N2/c1-4-8-15(5-2)13-7-6-12(10-14)11(3)9-13/h4,6-7,9H,1,5,8H2,2-3H3. The van der Waals surface area contributed by atoms with Crippen molar-refractivity contribution < 1.29 is 0 Å².